The van der Waals surface area contributed by atoms with Crippen LogP contribution in [0.25, 0.3) is 0 Å². The van der Waals surface area contributed by atoms with Gasteiger partial charge < -0.3 is 0 Å². The van der Waals surface area contributed by atoms with Gasteiger partial charge in [0.1, 0.15) is 6.42 Å². The largest absolute Gasteiger partial charge is 0.103 e. The van der Waals surface area contributed by atoms with Gasteiger partial charge in [-0.1, -0.05) is 6.58 Å². The summed E-state index contributed by atoms with van der Waals surface area (Å²) < 4.78 is 0. The first kappa shape index (κ1) is 3.61. The van der Waals surface area contributed by atoms with E-state index in [-0.39, 0.29) is 0 Å². The molecule has 0 spiro atoms. The van der Waals surface area contributed by atoms with Crippen LogP contribution in [0, 0.1) is 6.92 Å². The van der Waals surface area contributed by atoms with E-state index in [4.69, 9.17) is 0 Å². The van der Waals surface area contributed by atoms with E-state index in [1.54, 1.807) is 6.08 Å². The molecule has 0 fully saturated rings. The van der Waals surface area contributed by atoms with Crippen LogP contribution in [0.4, 0.5) is 0 Å². The van der Waals surface area contributed by atoms with Crippen LogP contribution in [0.1, 0.15) is 6.42 Å². The summed E-state index contributed by atoms with van der Waals surface area (Å²) in [6, 6.07) is 0. The molecule has 0 nitrogen and oxygen atoms in total. The van der Waals surface area contributed by atoms with Gasteiger partial charge in [-0.2, -0.15) is 0 Å². The average molecular weight is 55.1 g/mol. The molecule has 0 aliphatic heterocycles. The second kappa shape index (κ2) is 2.61. The monoisotopic (exact) mass is 55.1 g/mol. The third kappa shape index (κ3) is 1.61. The van der Waals surface area contributed by atoms with Crippen molar-refractivity contribution in [1.82, 2.24) is 0 Å². The fourth-order valence-corrected chi connectivity index (χ4v) is 0. The minimum atomic E-state index is 0.833. The number of hydrogen-bond donors (Lipinski definition) is 0. The van der Waals surface area contributed by atoms with Gasteiger partial charge >= 0.3 is 0 Å². The van der Waals surface area contributed by atoms with Crippen LogP contribution in [0.15, 0.2) is 12.7 Å². The molecule has 0 aromatic rings. The van der Waals surface area contributed by atoms with E-state index in [1.807, 2.05) is 0 Å². The first-order valence-electron chi connectivity index (χ1n) is 1.32. The quantitative estimate of drug-likeness (QED) is 0.314. The summed E-state index contributed by atoms with van der Waals surface area (Å²) in [5, 5.41) is 0. The average Bonchev–Trinajstić information content (AvgIpc) is 1.37. The molecule has 22 valence electrons. The van der Waals surface area contributed by atoms with Crippen molar-refractivity contribution >= 4 is 0 Å². The molecule has 0 bridgehead atoms. The minimum Gasteiger partial charge on any atom is -0.0989 e. The number of hydrogen-bond acceptors (Lipinski definition) is 0. The van der Waals surface area contributed by atoms with Crippen molar-refractivity contribution in [3.8, 4) is 0 Å². The van der Waals surface area contributed by atoms with Crippen LogP contribution in [0.5, 0.6) is 0 Å². The molecule has 0 aliphatic carbocycles. The van der Waals surface area contributed by atoms with Crippen molar-refractivity contribution in [3.63, 3.8) is 0 Å². The molecular weight excluding hydrogens is 48.0 g/mol. The number of rotatable bonds is 1. The Bertz CT molecular complexity index is 14.0. The van der Waals surface area contributed by atoms with Gasteiger partial charge in [0, 0.05) is 0 Å². The molecule has 0 amide bonds. The summed E-state index contributed by atoms with van der Waals surface area (Å²) in [5.41, 5.74) is 0. The van der Waals surface area contributed by atoms with Crippen LogP contribution in [-0.2, 0) is 0 Å². The van der Waals surface area contributed by atoms with Gasteiger partial charge in [0.05, 0.1) is 6.92 Å². The third-order valence-corrected chi connectivity index (χ3v) is 0.204. The van der Waals surface area contributed by atoms with Gasteiger partial charge in [0.2, 0.25) is 0 Å². The van der Waals surface area contributed by atoms with E-state index in [0.717, 1.165) is 6.42 Å². The van der Waals surface area contributed by atoms with Crippen molar-refractivity contribution in [3.05, 3.63) is 19.6 Å². The summed E-state index contributed by atoms with van der Waals surface area (Å²) in [6.45, 7) is 6.90. The molecule has 0 aromatic carbocycles. The van der Waals surface area contributed by atoms with E-state index in [0.29, 0.717) is 0 Å². The maximum Gasteiger partial charge on any atom is 0.103 e. The summed E-state index contributed by atoms with van der Waals surface area (Å²) in [5.74, 6) is 0. The van der Waals surface area contributed by atoms with Crippen molar-refractivity contribution in [2.75, 3.05) is 0 Å². The Hall–Kier alpha value is -0.390. The molecular formula is C4H7+. The predicted molar refractivity (Wildman–Crippen MR) is 20.2 cm³/mol. The molecule has 0 aliphatic rings. The standard InChI is InChI=1S/C4H7/c1-3-4-2/h3H,1-2,4H2/q+1. The molecule has 0 N–H and O–H groups in total. The first-order valence-corrected chi connectivity index (χ1v) is 1.32. The van der Waals surface area contributed by atoms with E-state index in [9.17, 15) is 0 Å². The normalized spacial score (nSPS) is 6.00. The lowest BCUT2D eigenvalue weighted by molar-refractivity contribution is 1.42. The van der Waals surface area contributed by atoms with Crippen LogP contribution >= 0.6 is 0 Å². The summed E-state index contributed by atoms with van der Waals surface area (Å²) in [7, 11) is 0. The maximum absolute atomic E-state index is 3.49. The zero-order valence-electron chi connectivity index (χ0n) is 2.70. The van der Waals surface area contributed by atoms with E-state index >= 15 is 0 Å². The first-order chi connectivity index (χ1) is 1.91. The Morgan fingerprint density at radius 3 is 2.25 bits per heavy atom. The molecule has 0 atom stereocenters. The lowest BCUT2D eigenvalue weighted by Gasteiger charge is -1.48. The van der Waals surface area contributed by atoms with Crippen molar-refractivity contribution in [2.24, 2.45) is 0 Å². The second-order valence-electron chi connectivity index (χ2n) is 0.577. The van der Waals surface area contributed by atoms with Gasteiger partial charge in [-0.25, -0.2) is 0 Å². The van der Waals surface area contributed by atoms with E-state index in [1.165, 1.54) is 0 Å². The zero-order chi connectivity index (χ0) is 3.41. The van der Waals surface area contributed by atoms with E-state index < -0.39 is 0 Å². The van der Waals surface area contributed by atoms with Gasteiger partial charge in [-0.3, -0.25) is 0 Å². The highest BCUT2D eigenvalue weighted by molar-refractivity contribution is 4.65. The molecule has 0 aromatic heterocycles. The summed E-state index contributed by atoms with van der Waals surface area (Å²) >= 11 is 0. The van der Waals surface area contributed by atoms with Crippen LogP contribution in [0.3, 0.4) is 0 Å². The highest BCUT2D eigenvalue weighted by Gasteiger charge is 1.55. The van der Waals surface area contributed by atoms with Crippen molar-refractivity contribution in [1.29, 1.82) is 0 Å². The van der Waals surface area contributed by atoms with Gasteiger partial charge in [0.25, 0.3) is 0 Å². The van der Waals surface area contributed by atoms with Crippen LogP contribution < -0.4 is 0 Å². The fourth-order valence-electron chi connectivity index (χ4n) is 0. The Kier molecular flexibility index (Phi) is 2.36. The van der Waals surface area contributed by atoms with Crippen molar-refractivity contribution in [2.45, 2.75) is 6.42 Å². The highest BCUT2D eigenvalue weighted by atomic mass is 13.5. The zero-order valence-corrected chi connectivity index (χ0v) is 2.70. The minimum absolute atomic E-state index is 0.833. The van der Waals surface area contributed by atoms with Gasteiger partial charge in [-0.15, -0.1) is 0 Å². The van der Waals surface area contributed by atoms with Crippen LogP contribution in [0.2, 0.25) is 0 Å². The predicted octanol–water partition coefficient (Wildman–Crippen LogP) is 1.40. The molecule has 0 unspecified atom stereocenters. The Morgan fingerprint density at radius 2 is 2.25 bits per heavy atom. The smallest absolute Gasteiger partial charge is 0.0989 e. The van der Waals surface area contributed by atoms with Gasteiger partial charge in [0.15, 0.2) is 0 Å². The molecule has 0 saturated carbocycles. The Morgan fingerprint density at radius 1 is 2.00 bits per heavy atom. The fraction of sp³-hybridized carbons (Fsp3) is 0.250. The highest BCUT2D eigenvalue weighted by Crippen LogP contribution is 1.65. The third-order valence-electron chi connectivity index (χ3n) is 0.204. The Labute approximate surface area is 27.1 Å². The lowest BCUT2D eigenvalue weighted by Crippen LogP contribution is -1.37. The Balaban J connectivity index is 2.30. The molecule has 0 radical (unpaired) electrons. The topological polar surface area (TPSA) is 0 Å². The molecule has 0 heteroatoms. The molecule has 4 heavy (non-hydrogen) atoms. The SMILES string of the molecule is C=CC[CH2+]. The van der Waals surface area contributed by atoms with Crippen molar-refractivity contribution < 1.29 is 0 Å². The second-order valence-corrected chi connectivity index (χ2v) is 0.577. The summed E-state index contributed by atoms with van der Waals surface area (Å²) in [4.78, 5) is 0. The van der Waals surface area contributed by atoms with Gasteiger partial charge in [-0.05, 0) is 6.08 Å². The lowest BCUT2D eigenvalue weighted by atomic mass is 10.5. The molecule has 0 heterocycles. The molecule has 0 rings (SSSR count). The summed E-state index contributed by atoms with van der Waals surface area (Å²) in [6.07, 6.45) is 2.60. The molecule has 0 saturated heterocycles. The number of allylic oxidation sites excluding steroid dienone is 1. The van der Waals surface area contributed by atoms with E-state index in [2.05, 4.69) is 13.5 Å². The van der Waals surface area contributed by atoms with Crippen LogP contribution in [-0.4, -0.2) is 0 Å². The maximum atomic E-state index is 3.49.